The molecule has 0 saturated carbocycles. The van der Waals surface area contributed by atoms with E-state index in [0.29, 0.717) is 22.6 Å². The monoisotopic (exact) mass is 531 g/mol. The minimum atomic E-state index is -0.976. The van der Waals surface area contributed by atoms with Gasteiger partial charge in [-0.15, -0.1) is 0 Å². The first-order chi connectivity index (χ1) is 18.3. The summed E-state index contributed by atoms with van der Waals surface area (Å²) in [4.78, 5) is 56.2. The number of hydrogen-bond donors (Lipinski definition) is 2. The highest BCUT2D eigenvalue weighted by molar-refractivity contribution is 6.31. The number of hydrogen-bond acceptors (Lipinski definition) is 5. The molecule has 0 radical (unpaired) electrons. The summed E-state index contributed by atoms with van der Waals surface area (Å²) in [5, 5.41) is 12.9. The lowest BCUT2D eigenvalue weighted by Crippen LogP contribution is -2.53. The van der Waals surface area contributed by atoms with Gasteiger partial charge in [-0.25, -0.2) is 0 Å². The smallest absolute Gasteiger partial charge is 0.254 e. The SMILES string of the molecule is O=C(NC(Cc1ccc(O)cc1)C(=O)N1CC[C@@H]2[C@H]1C(=O)CN2C(=O)c1ccccc1)c1cccc(Cl)c1. The number of benzene rings is 3. The molecule has 9 heteroatoms. The normalized spacial score (nSPS) is 19.2. The van der Waals surface area contributed by atoms with Gasteiger partial charge in [0.1, 0.15) is 17.8 Å². The molecular formula is C29H26ClN3O5. The van der Waals surface area contributed by atoms with Crippen LogP contribution in [0.1, 0.15) is 32.7 Å². The van der Waals surface area contributed by atoms with Crippen LogP contribution in [0.2, 0.25) is 5.02 Å². The van der Waals surface area contributed by atoms with Crippen molar-refractivity contribution in [2.24, 2.45) is 0 Å². The lowest BCUT2D eigenvalue weighted by molar-refractivity contribution is -0.138. The number of carbonyl (C=O) groups excluding carboxylic acids is 4. The topological polar surface area (TPSA) is 107 Å². The lowest BCUT2D eigenvalue weighted by Gasteiger charge is -2.28. The second kappa shape index (κ2) is 10.7. The fraction of sp³-hybridized carbons (Fsp3) is 0.241. The number of Topliss-reactive ketones (excluding diaryl/α,β-unsaturated/α-hetero) is 1. The second-order valence-corrected chi connectivity index (χ2v) is 9.94. The molecule has 2 saturated heterocycles. The van der Waals surface area contributed by atoms with Crippen molar-refractivity contribution in [3.63, 3.8) is 0 Å². The van der Waals surface area contributed by atoms with Crippen LogP contribution in [0.3, 0.4) is 0 Å². The summed E-state index contributed by atoms with van der Waals surface area (Å²) in [6, 6.07) is 19.4. The molecular weight excluding hydrogens is 506 g/mol. The number of likely N-dealkylation sites (tertiary alicyclic amines) is 2. The standard InChI is InChI=1S/C29H26ClN3O5/c30-21-8-4-7-20(16-21)27(36)31-23(15-18-9-11-22(34)12-10-18)29(38)32-14-13-24-26(32)25(35)17-33(24)28(37)19-5-2-1-3-6-19/h1-12,16,23-24,26,34H,13-15,17H2,(H,31,36)/t23?,24-,26+/m1/s1. The van der Waals surface area contributed by atoms with Crippen molar-refractivity contribution in [2.75, 3.05) is 13.1 Å². The van der Waals surface area contributed by atoms with Crippen LogP contribution in [0.4, 0.5) is 0 Å². The molecule has 194 valence electrons. The van der Waals surface area contributed by atoms with Gasteiger partial charge in [0.05, 0.1) is 12.6 Å². The molecule has 0 aliphatic carbocycles. The van der Waals surface area contributed by atoms with E-state index in [-0.39, 0.29) is 37.0 Å². The number of phenolic OH excluding ortho intramolecular Hbond substituents is 1. The maximum Gasteiger partial charge on any atom is 0.254 e. The minimum Gasteiger partial charge on any atom is -0.508 e. The summed E-state index contributed by atoms with van der Waals surface area (Å²) >= 11 is 6.05. The molecule has 3 amide bonds. The zero-order chi connectivity index (χ0) is 26.8. The van der Waals surface area contributed by atoms with E-state index in [1.54, 1.807) is 59.5 Å². The predicted octanol–water partition coefficient (Wildman–Crippen LogP) is 3.08. The Morgan fingerprint density at radius 1 is 0.947 bits per heavy atom. The van der Waals surface area contributed by atoms with Crippen LogP contribution in [0.15, 0.2) is 78.9 Å². The maximum absolute atomic E-state index is 13.9. The molecule has 0 spiro atoms. The van der Waals surface area contributed by atoms with Crippen molar-refractivity contribution >= 4 is 35.1 Å². The zero-order valence-electron chi connectivity index (χ0n) is 20.4. The Hall–Kier alpha value is -4.17. The number of carbonyl (C=O) groups is 4. The number of fused-ring (bicyclic) bond motifs is 1. The van der Waals surface area contributed by atoms with Gasteiger partial charge in [0, 0.05) is 29.1 Å². The Labute approximate surface area is 224 Å². The van der Waals surface area contributed by atoms with Gasteiger partial charge < -0.3 is 20.2 Å². The van der Waals surface area contributed by atoms with Gasteiger partial charge in [-0.3, -0.25) is 19.2 Å². The first-order valence-corrected chi connectivity index (χ1v) is 12.7. The number of nitrogens with zero attached hydrogens (tertiary/aromatic N) is 2. The first kappa shape index (κ1) is 25.5. The number of aromatic hydroxyl groups is 1. The molecule has 2 fully saturated rings. The Kier molecular flexibility index (Phi) is 7.15. The summed E-state index contributed by atoms with van der Waals surface area (Å²) in [5.41, 5.74) is 1.52. The van der Waals surface area contributed by atoms with E-state index in [1.807, 2.05) is 6.07 Å². The molecule has 3 aromatic rings. The van der Waals surface area contributed by atoms with Crippen molar-refractivity contribution in [3.8, 4) is 5.75 Å². The van der Waals surface area contributed by atoms with Gasteiger partial charge in [-0.2, -0.15) is 0 Å². The van der Waals surface area contributed by atoms with Crippen molar-refractivity contribution in [3.05, 3.63) is 101 Å². The number of halogens is 1. The van der Waals surface area contributed by atoms with E-state index in [1.165, 1.54) is 23.1 Å². The van der Waals surface area contributed by atoms with Crippen LogP contribution in [-0.2, 0) is 16.0 Å². The van der Waals surface area contributed by atoms with Crippen molar-refractivity contribution < 1.29 is 24.3 Å². The Bertz CT molecular complexity index is 1380. The third-order valence-corrected chi connectivity index (χ3v) is 7.29. The van der Waals surface area contributed by atoms with E-state index < -0.39 is 29.9 Å². The van der Waals surface area contributed by atoms with E-state index in [4.69, 9.17) is 11.6 Å². The quantitative estimate of drug-likeness (QED) is 0.508. The van der Waals surface area contributed by atoms with Crippen LogP contribution in [0.5, 0.6) is 5.75 Å². The number of amides is 3. The van der Waals surface area contributed by atoms with Gasteiger partial charge in [0.15, 0.2) is 5.78 Å². The molecule has 8 nitrogen and oxygen atoms in total. The predicted molar refractivity (Wildman–Crippen MR) is 141 cm³/mol. The molecule has 3 atom stereocenters. The van der Waals surface area contributed by atoms with Crippen LogP contribution in [-0.4, -0.2) is 69.6 Å². The third kappa shape index (κ3) is 5.13. The van der Waals surface area contributed by atoms with Crippen molar-refractivity contribution in [2.45, 2.75) is 31.0 Å². The van der Waals surface area contributed by atoms with Crippen LogP contribution in [0.25, 0.3) is 0 Å². The van der Waals surface area contributed by atoms with Gasteiger partial charge in [-0.05, 0) is 54.4 Å². The van der Waals surface area contributed by atoms with Crippen LogP contribution in [0, 0.1) is 0 Å². The zero-order valence-corrected chi connectivity index (χ0v) is 21.2. The summed E-state index contributed by atoms with van der Waals surface area (Å²) in [6.07, 6.45) is 0.620. The molecule has 1 unspecified atom stereocenters. The highest BCUT2D eigenvalue weighted by Crippen LogP contribution is 2.31. The minimum absolute atomic E-state index is 0.0651. The number of phenols is 1. The molecule has 2 heterocycles. The van der Waals surface area contributed by atoms with Gasteiger partial charge >= 0.3 is 0 Å². The summed E-state index contributed by atoms with van der Waals surface area (Å²) < 4.78 is 0. The molecule has 2 aliphatic rings. The molecule has 0 aromatic heterocycles. The highest BCUT2D eigenvalue weighted by Gasteiger charge is 2.52. The van der Waals surface area contributed by atoms with E-state index >= 15 is 0 Å². The third-order valence-electron chi connectivity index (χ3n) is 7.05. The molecule has 2 N–H and O–H groups in total. The molecule has 5 rings (SSSR count). The van der Waals surface area contributed by atoms with Gasteiger partial charge in [0.2, 0.25) is 5.91 Å². The number of nitrogens with one attached hydrogen (secondary N) is 1. The highest BCUT2D eigenvalue weighted by atomic mass is 35.5. The number of ketones is 1. The summed E-state index contributed by atoms with van der Waals surface area (Å²) in [7, 11) is 0. The fourth-order valence-electron chi connectivity index (χ4n) is 5.22. The van der Waals surface area contributed by atoms with Crippen LogP contribution < -0.4 is 5.32 Å². The molecule has 38 heavy (non-hydrogen) atoms. The summed E-state index contributed by atoms with van der Waals surface area (Å²) in [6.45, 7) is 0.224. The molecule has 3 aromatic carbocycles. The lowest BCUT2D eigenvalue weighted by atomic mass is 10.0. The Balaban J connectivity index is 1.38. The maximum atomic E-state index is 13.9. The average molecular weight is 532 g/mol. The first-order valence-electron chi connectivity index (χ1n) is 12.4. The molecule has 2 aliphatic heterocycles. The number of rotatable bonds is 6. The van der Waals surface area contributed by atoms with Crippen molar-refractivity contribution in [1.29, 1.82) is 0 Å². The van der Waals surface area contributed by atoms with Crippen LogP contribution >= 0.6 is 11.6 Å². The Morgan fingerprint density at radius 2 is 1.66 bits per heavy atom. The van der Waals surface area contributed by atoms with E-state index in [0.717, 1.165) is 5.56 Å². The Morgan fingerprint density at radius 3 is 2.37 bits per heavy atom. The van der Waals surface area contributed by atoms with E-state index in [9.17, 15) is 24.3 Å². The van der Waals surface area contributed by atoms with Gasteiger partial charge in [0.25, 0.3) is 11.8 Å². The van der Waals surface area contributed by atoms with Crippen molar-refractivity contribution in [1.82, 2.24) is 15.1 Å². The average Bonchev–Trinajstić information content (AvgIpc) is 3.50. The van der Waals surface area contributed by atoms with E-state index in [2.05, 4.69) is 5.32 Å². The molecule has 0 bridgehead atoms. The van der Waals surface area contributed by atoms with Gasteiger partial charge in [-0.1, -0.05) is 48.0 Å². The fourth-order valence-corrected chi connectivity index (χ4v) is 5.42. The largest absolute Gasteiger partial charge is 0.508 e. The second-order valence-electron chi connectivity index (χ2n) is 9.50. The summed E-state index contributed by atoms with van der Waals surface area (Å²) in [5.74, 6) is -1.23.